The van der Waals surface area contributed by atoms with E-state index in [1.807, 2.05) is 0 Å². The number of carbonyl (C=O) groups is 1. The molecule has 1 saturated heterocycles. The van der Waals surface area contributed by atoms with Crippen LogP contribution in [0.1, 0.15) is 13.2 Å². The van der Waals surface area contributed by atoms with Gasteiger partial charge in [0.15, 0.2) is 6.23 Å². The zero-order valence-electron chi connectivity index (χ0n) is 17.2. The average molecular weight is 579 g/mol. The van der Waals surface area contributed by atoms with Gasteiger partial charge in [0, 0.05) is 13.1 Å². The lowest BCUT2D eigenvalue weighted by molar-refractivity contribution is -0.114. The van der Waals surface area contributed by atoms with Gasteiger partial charge in [-0.3, -0.25) is 9.36 Å². The largest absolute Gasteiger partial charge is 0.466 e. The Labute approximate surface area is 194 Å². The second kappa shape index (κ2) is 14.9. The SMILES string of the molecule is CC(=O)Nc1ccn([C@@H]2O[C@H](CO)[C@@H](O)[C@H]2O)c(=O)n1.O=P(O)(O)O.O=P(O)(O)O.O=P(O)(O)O. The molecule has 2 heterocycles. The van der Waals surface area contributed by atoms with Crippen molar-refractivity contribution in [3.8, 4) is 0 Å². The van der Waals surface area contributed by atoms with Gasteiger partial charge in [-0.05, 0) is 6.07 Å². The molecule has 206 valence electrons. The van der Waals surface area contributed by atoms with Gasteiger partial charge in [-0.2, -0.15) is 4.98 Å². The normalized spacial score (nSPS) is 21.9. The molecule has 0 spiro atoms. The Kier molecular flexibility index (Phi) is 15.2. The summed E-state index contributed by atoms with van der Waals surface area (Å²) in [4.78, 5) is 91.0. The molecule has 1 aromatic heterocycles. The number of carbonyl (C=O) groups excluding carboxylic acids is 1. The molecule has 21 nitrogen and oxygen atoms in total. The number of amides is 1. The number of nitrogens with one attached hydrogen (secondary N) is 1. The maximum Gasteiger partial charge on any atom is 0.466 e. The van der Waals surface area contributed by atoms with E-state index in [0.29, 0.717) is 0 Å². The van der Waals surface area contributed by atoms with Gasteiger partial charge in [0.2, 0.25) is 5.91 Å². The molecule has 0 unspecified atom stereocenters. The van der Waals surface area contributed by atoms with E-state index in [0.717, 1.165) is 4.57 Å². The Morgan fingerprint density at radius 2 is 1.37 bits per heavy atom. The van der Waals surface area contributed by atoms with Crippen LogP contribution >= 0.6 is 23.5 Å². The smallest absolute Gasteiger partial charge is 0.394 e. The van der Waals surface area contributed by atoms with Crippen LogP contribution in [0.2, 0.25) is 0 Å². The first kappa shape index (κ1) is 35.7. The highest BCUT2D eigenvalue weighted by Crippen LogP contribution is 2.28. The van der Waals surface area contributed by atoms with E-state index in [9.17, 15) is 19.8 Å². The molecule has 1 aliphatic rings. The number of hydrogen-bond donors (Lipinski definition) is 13. The van der Waals surface area contributed by atoms with Crippen LogP contribution in [0.3, 0.4) is 0 Å². The molecule has 1 aromatic rings. The maximum absolute atomic E-state index is 11.8. The van der Waals surface area contributed by atoms with Crippen molar-refractivity contribution in [1.82, 2.24) is 9.55 Å². The summed E-state index contributed by atoms with van der Waals surface area (Å²) in [6, 6.07) is 1.36. The Bertz CT molecular complexity index is 927. The number of phosphoric acid groups is 3. The van der Waals surface area contributed by atoms with Crippen LogP contribution in [0, 0.1) is 0 Å². The molecule has 1 aliphatic heterocycles. The lowest BCUT2D eigenvalue weighted by atomic mass is 10.1. The number of hydrogen-bond acceptors (Lipinski definition) is 10. The Morgan fingerprint density at radius 1 is 0.971 bits per heavy atom. The fourth-order valence-electron chi connectivity index (χ4n) is 1.97. The molecule has 13 N–H and O–H groups in total. The van der Waals surface area contributed by atoms with Crippen LogP contribution in [-0.2, 0) is 23.2 Å². The van der Waals surface area contributed by atoms with Crippen molar-refractivity contribution in [2.75, 3.05) is 11.9 Å². The molecule has 24 heteroatoms. The average Bonchev–Trinajstić information content (AvgIpc) is 2.85. The molecule has 1 fully saturated rings. The summed E-state index contributed by atoms with van der Waals surface area (Å²) < 4.78 is 32.8. The first-order valence-electron chi connectivity index (χ1n) is 8.28. The monoisotopic (exact) mass is 579 g/mol. The lowest BCUT2D eigenvalue weighted by Crippen LogP contribution is -2.36. The van der Waals surface area contributed by atoms with Crippen LogP contribution < -0.4 is 11.0 Å². The summed E-state index contributed by atoms with van der Waals surface area (Å²) in [5.41, 5.74) is -0.758. The zero-order chi connectivity index (χ0) is 28.4. The number of aliphatic hydroxyl groups excluding tert-OH is 3. The highest BCUT2D eigenvalue weighted by Gasteiger charge is 2.43. The summed E-state index contributed by atoms with van der Waals surface area (Å²) in [5.74, 6) is -0.298. The topological polar surface area (TPSA) is 367 Å². The summed E-state index contributed by atoms with van der Waals surface area (Å²) in [5, 5.41) is 30.8. The van der Waals surface area contributed by atoms with Gasteiger partial charge < -0.3 is 69.4 Å². The van der Waals surface area contributed by atoms with Crippen LogP contribution in [0.4, 0.5) is 5.82 Å². The maximum atomic E-state index is 11.8. The molecule has 0 saturated carbocycles. The number of anilines is 1. The quantitative estimate of drug-likeness (QED) is 0.149. The number of aromatic nitrogens is 2. The molecule has 0 radical (unpaired) electrons. The molecule has 2 rings (SSSR count). The number of rotatable bonds is 3. The number of ether oxygens (including phenoxy) is 1. The fraction of sp³-hybridized carbons (Fsp3) is 0.545. The number of nitrogens with zero attached hydrogens (tertiary/aromatic N) is 2. The van der Waals surface area contributed by atoms with Gasteiger partial charge in [-0.15, -0.1) is 0 Å². The predicted molar refractivity (Wildman–Crippen MR) is 109 cm³/mol. The predicted octanol–water partition coefficient (Wildman–Crippen LogP) is -4.97. The third-order valence-electron chi connectivity index (χ3n) is 2.93. The Hall–Kier alpha value is -1.48. The Balaban J connectivity index is 0. The molecule has 4 atom stereocenters. The van der Waals surface area contributed by atoms with Crippen LogP contribution in [0.15, 0.2) is 17.1 Å². The first-order valence-corrected chi connectivity index (χ1v) is 13.0. The number of aliphatic hydroxyl groups is 3. The second-order valence-corrected chi connectivity index (χ2v) is 9.03. The molecule has 1 amide bonds. The van der Waals surface area contributed by atoms with Crippen molar-refractivity contribution in [3.63, 3.8) is 0 Å². The van der Waals surface area contributed by atoms with E-state index in [1.54, 1.807) is 0 Å². The van der Waals surface area contributed by atoms with Gasteiger partial charge in [-0.1, -0.05) is 0 Å². The van der Waals surface area contributed by atoms with E-state index in [2.05, 4.69) is 10.3 Å². The standard InChI is InChI=1S/C11H15N3O6.3H3O4P/c1-5(16)12-7-2-3-14(11(19)13-7)10-9(18)8(17)6(4-15)20-10;3*1-5(2,3)4/h2-3,6,8-10,15,17-18H,4H2,1H3,(H,12,13,16,19);3*(H3,1,2,3,4)/t6-,8-,9-,10-;;;/m1.../s1. The highest BCUT2D eigenvalue weighted by molar-refractivity contribution is 7.45. The third kappa shape index (κ3) is 21.5. The van der Waals surface area contributed by atoms with E-state index >= 15 is 0 Å². The Morgan fingerprint density at radius 3 is 1.66 bits per heavy atom. The van der Waals surface area contributed by atoms with Crippen molar-refractivity contribution in [1.29, 1.82) is 0 Å². The van der Waals surface area contributed by atoms with Gasteiger partial charge in [0.05, 0.1) is 6.61 Å². The van der Waals surface area contributed by atoms with E-state index in [4.69, 9.17) is 67.6 Å². The molecular weight excluding hydrogens is 555 g/mol. The van der Waals surface area contributed by atoms with Gasteiger partial charge >= 0.3 is 29.2 Å². The second-order valence-electron chi connectivity index (χ2n) is 5.95. The van der Waals surface area contributed by atoms with Gasteiger partial charge in [0.25, 0.3) is 0 Å². The van der Waals surface area contributed by atoms with Crippen molar-refractivity contribution >= 4 is 35.2 Å². The molecule has 35 heavy (non-hydrogen) atoms. The fourth-order valence-corrected chi connectivity index (χ4v) is 1.97. The van der Waals surface area contributed by atoms with Crippen LogP contribution in [0.25, 0.3) is 0 Å². The summed E-state index contributed by atoms with van der Waals surface area (Å²) in [7, 11) is -13.9. The van der Waals surface area contributed by atoms with E-state index in [1.165, 1.54) is 19.2 Å². The summed E-state index contributed by atoms with van der Waals surface area (Å²) >= 11 is 0. The molecule has 0 aromatic carbocycles. The molecule has 0 aliphatic carbocycles. The lowest BCUT2D eigenvalue weighted by Gasteiger charge is -2.17. The zero-order valence-corrected chi connectivity index (χ0v) is 19.9. The van der Waals surface area contributed by atoms with Crippen molar-refractivity contribution < 1.29 is 82.6 Å². The van der Waals surface area contributed by atoms with Crippen molar-refractivity contribution in [2.24, 2.45) is 0 Å². The molecule has 0 bridgehead atoms. The molecular formula is C11H24N3O18P3. The van der Waals surface area contributed by atoms with Gasteiger partial charge in [0.1, 0.15) is 24.1 Å². The van der Waals surface area contributed by atoms with Crippen molar-refractivity contribution in [2.45, 2.75) is 31.5 Å². The van der Waals surface area contributed by atoms with Crippen LogP contribution in [0.5, 0.6) is 0 Å². The third-order valence-corrected chi connectivity index (χ3v) is 2.93. The highest BCUT2D eigenvalue weighted by atomic mass is 31.2. The van der Waals surface area contributed by atoms with E-state index in [-0.39, 0.29) is 11.7 Å². The van der Waals surface area contributed by atoms with Crippen LogP contribution in [-0.4, -0.2) is 99.7 Å². The minimum Gasteiger partial charge on any atom is -0.394 e. The summed E-state index contributed by atoms with van der Waals surface area (Å²) in [6.45, 7) is 0.792. The first-order chi connectivity index (χ1) is 15.4. The minimum atomic E-state index is -4.64. The van der Waals surface area contributed by atoms with Crippen molar-refractivity contribution in [3.05, 3.63) is 22.7 Å². The van der Waals surface area contributed by atoms with E-state index < -0.39 is 60.3 Å². The summed E-state index contributed by atoms with van der Waals surface area (Å²) in [6.07, 6.45) is -3.50. The minimum absolute atomic E-state index is 0.0745. The van der Waals surface area contributed by atoms with Gasteiger partial charge in [-0.25, -0.2) is 18.5 Å².